The molecule has 1 aromatic heterocycles. The minimum absolute atomic E-state index is 0.00320. The molecule has 0 unspecified atom stereocenters. The summed E-state index contributed by atoms with van der Waals surface area (Å²) in [4.78, 5) is 30.0. The van der Waals surface area contributed by atoms with E-state index < -0.39 is 0 Å². The third-order valence-electron chi connectivity index (χ3n) is 4.78. The Balaban J connectivity index is 1.36. The standard InChI is InChI=1S/C22H21N3O2/c26-20-8-4-7-19-12-17(13-23-22(19)24-20)9-10-21(27)25-14-18(15-25)11-16-5-2-1-3-6-16/h1-3,5-6,9-13H,4,7-8,14-15H2,(H,23,24,26). The van der Waals surface area contributed by atoms with Crippen LogP contribution in [0.3, 0.4) is 0 Å². The minimum atomic E-state index is 0.00320. The van der Waals surface area contributed by atoms with Gasteiger partial charge in [0.05, 0.1) is 0 Å². The van der Waals surface area contributed by atoms with Crippen LogP contribution in [0.5, 0.6) is 0 Å². The summed E-state index contributed by atoms with van der Waals surface area (Å²) in [6.45, 7) is 1.35. The number of likely N-dealkylation sites (tertiary alicyclic amines) is 1. The van der Waals surface area contributed by atoms with E-state index in [0.29, 0.717) is 25.3 Å². The van der Waals surface area contributed by atoms with E-state index in [1.54, 1.807) is 18.3 Å². The van der Waals surface area contributed by atoms with Crippen LogP contribution in [-0.2, 0) is 16.0 Å². The molecule has 1 fully saturated rings. The molecule has 27 heavy (non-hydrogen) atoms. The van der Waals surface area contributed by atoms with Crippen molar-refractivity contribution in [3.63, 3.8) is 0 Å². The van der Waals surface area contributed by atoms with Gasteiger partial charge in [0.1, 0.15) is 5.82 Å². The van der Waals surface area contributed by atoms with Crippen molar-refractivity contribution in [2.45, 2.75) is 19.3 Å². The monoisotopic (exact) mass is 359 g/mol. The van der Waals surface area contributed by atoms with Crippen molar-refractivity contribution >= 4 is 29.8 Å². The number of fused-ring (bicyclic) bond motifs is 1. The number of anilines is 1. The van der Waals surface area contributed by atoms with Crippen molar-refractivity contribution in [1.29, 1.82) is 0 Å². The Bertz CT molecular complexity index is 924. The van der Waals surface area contributed by atoms with Gasteiger partial charge >= 0.3 is 0 Å². The van der Waals surface area contributed by atoms with Crippen LogP contribution < -0.4 is 5.32 Å². The van der Waals surface area contributed by atoms with Crippen LogP contribution in [-0.4, -0.2) is 34.8 Å². The van der Waals surface area contributed by atoms with Gasteiger partial charge in [-0.3, -0.25) is 9.59 Å². The summed E-state index contributed by atoms with van der Waals surface area (Å²) in [5.74, 6) is 0.653. The SMILES string of the molecule is O=C1CCCc2cc(C=CC(=O)N3CC(=Cc4ccccc4)C3)cnc2N1. The molecule has 4 rings (SSSR count). The quantitative estimate of drug-likeness (QED) is 0.856. The molecule has 136 valence electrons. The number of hydrogen-bond donors (Lipinski definition) is 1. The number of rotatable bonds is 3. The van der Waals surface area contributed by atoms with E-state index in [2.05, 4.69) is 28.5 Å². The second kappa shape index (κ2) is 7.58. The van der Waals surface area contributed by atoms with E-state index in [1.165, 1.54) is 11.1 Å². The zero-order chi connectivity index (χ0) is 18.6. The third-order valence-corrected chi connectivity index (χ3v) is 4.78. The topological polar surface area (TPSA) is 62.3 Å². The van der Waals surface area contributed by atoms with Gasteiger partial charge in [0.2, 0.25) is 11.8 Å². The average Bonchev–Trinajstić information content (AvgIpc) is 2.83. The van der Waals surface area contributed by atoms with Crippen LogP contribution in [0.2, 0.25) is 0 Å². The Labute approximate surface area is 158 Å². The Kier molecular flexibility index (Phi) is 4.83. The van der Waals surface area contributed by atoms with Gasteiger partial charge in [0.25, 0.3) is 0 Å². The highest BCUT2D eigenvalue weighted by atomic mass is 16.2. The fourth-order valence-corrected chi connectivity index (χ4v) is 3.31. The van der Waals surface area contributed by atoms with Gasteiger partial charge in [-0.25, -0.2) is 4.98 Å². The zero-order valence-corrected chi connectivity index (χ0v) is 15.0. The normalized spacial score (nSPS) is 16.4. The molecule has 1 aromatic carbocycles. The summed E-state index contributed by atoms with van der Waals surface area (Å²) >= 11 is 0. The summed E-state index contributed by atoms with van der Waals surface area (Å²) in [7, 11) is 0. The van der Waals surface area contributed by atoms with Crippen molar-refractivity contribution in [3.05, 3.63) is 70.9 Å². The number of pyridine rings is 1. The fraction of sp³-hybridized carbons (Fsp3) is 0.227. The molecule has 0 atom stereocenters. The summed E-state index contributed by atoms with van der Waals surface area (Å²) in [5.41, 5.74) is 4.31. The number of carbonyl (C=O) groups excluding carboxylic acids is 2. The Morgan fingerprint density at radius 1 is 1.11 bits per heavy atom. The molecule has 1 N–H and O–H groups in total. The number of nitrogens with zero attached hydrogens (tertiary/aromatic N) is 2. The smallest absolute Gasteiger partial charge is 0.247 e. The predicted octanol–water partition coefficient (Wildman–Crippen LogP) is 3.30. The molecule has 0 bridgehead atoms. The molecule has 5 heteroatoms. The molecule has 2 aliphatic heterocycles. The maximum atomic E-state index is 12.3. The summed E-state index contributed by atoms with van der Waals surface area (Å²) < 4.78 is 0. The molecule has 0 aliphatic carbocycles. The number of amides is 2. The predicted molar refractivity (Wildman–Crippen MR) is 106 cm³/mol. The zero-order valence-electron chi connectivity index (χ0n) is 15.0. The molecule has 0 saturated carbocycles. The molecule has 2 aliphatic rings. The van der Waals surface area contributed by atoms with Crippen molar-refractivity contribution in [2.24, 2.45) is 0 Å². The van der Waals surface area contributed by atoms with Gasteiger partial charge in [-0.1, -0.05) is 36.4 Å². The van der Waals surface area contributed by atoms with Crippen molar-refractivity contribution < 1.29 is 9.59 Å². The third kappa shape index (κ3) is 4.14. The van der Waals surface area contributed by atoms with Crippen LogP contribution in [0, 0.1) is 0 Å². The summed E-state index contributed by atoms with van der Waals surface area (Å²) in [5, 5.41) is 2.82. The number of nitrogens with one attached hydrogen (secondary N) is 1. The second-order valence-electron chi connectivity index (χ2n) is 6.92. The van der Waals surface area contributed by atoms with E-state index >= 15 is 0 Å². The van der Waals surface area contributed by atoms with Crippen molar-refractivity contribution in [2.75, 3.05) is 18.4 Å². The molecule has 1 saturated heterocycles. The summed E-state index contributed by atoms with van der Waals surface area (Å²) in [6, 6.07) is 12.1. The minimum Gasteiger partial charge on any atom is -0.331 e. The highest BCUT2D eigenvalue weighted by Crippen LogP contribution is 2.22. The van der Waals surface area contributed by atoms with E-state index in [-0.39, 0.29) is 11.8 Å². The van der Waals surface area contributed by atoms with Gasteiger partial charge in [0, 0.05) is 31.8 Å². The fourth-order valence-electron chi connectivity index (χ4n) is 3.31. The first-order chi connectivity index (χ1) is 13.2. The highest BCUT2D eigenvalue weighted by Gasteiger charge is 2.23. The van der Waals surface area contributed by atoms with Crippen LogP contribution >= 0.6 is 0 Å². The average molecular weight is 359 g/mol. The van der Waals surface area contributed by atoms with E-state index in [0.717, 1.165) is 24.0 Å². The first kappa shape index (κ1) is 17.2. The lowest BCUT2D eigenvalue weighted by molar-refractivity contribution is -0.127. The number of benzene rings is 1. The van der Waals surface area contributed by atoms with Crippen LogP contribution in [0.25, 0.3) is 12.2 Å². The number of aromatic nitrogens is 1. The molecule has 0 radical (unpaired) electrons. The molecule has 0 spiro atoms. The number of carbonyl (C=O) groups is 2. The lowest BCUT2D eigenvalue weighted by atomic mass is 10.0. The molecule has 5 nitrogen and oxygen atoms in total. The van der Waals surface area contributed by atoms with E-state index in [1.807, 2.05) is 29.2 Å². The Morgan fingerprint density at radius 2 is 1.93 bits per heavy atom. The van der Waals surface area contributed by atoms with Gasteiger partial charge in [-0.2, -0.15) is 0 Å². The molecule has 3 heterocycles. The van der Waals surface area contributed by atoms with Gasteiger partial charge < -0.3 is 10.2 Å². The summed E-state index contributed by atoms with van der Waals surface area (Å²) in [6.07, 6.45) is 9.36. The van der Waals surface area contributed by atoms with Gasteiger partial charge in [-0.05, 0) is 47.2 Å². The maximum Gasteiger partial charge on any atom is 0.247 e. The van der Waals surface area contributed by atoms with Crippen LogP contribution in [0.15, 0.2) is 54.2 Å². The van der Waals surface area contributed by atoms with E-state index in [4.69, 9.17) is 0 Å². The Morgan fingerprint density at radius 3 is 2.74 bits per heavy atom. The Hall–Kier alpha value is -3.21. The first-order valence-electron chi connectivity index (χ1n) is 9.18. The van der Waals surface area contributed by atoms with Gasteiger partial charge in [-0.15, -0.1) is 0 Å². The van der Waals surface area contributed by atoms with Crippen LogP contribution in [0.1, 0.15) is 29.5 Å². The molecule has 2 amide bonds. The largest absolute Gasteiger partial charge is 0.331 e. The van der Waals surface area contributed by atoms with Gasteiger partial charge in [0.15, 0.2) is 0 Å². The lowest BCUT2D eigenvalue weighted by Gasteiger charge is -2.33. The van der Waals surface area contributed by atoms with Crippen LogP contribution in [0.4, 0.5) is 5.82 Å². The number of aryl methyl sites for hydroxylation is 1. The lowest BCUT2D eigenvalue weighted by Crippen LogP contribution is -2.43. The number of hydrogen-bond acceptors (Lipinski definition) is 3. The molecular formula is C22H21N3O2. The maximum absolute atomic E-state index is 12.3. The van der Waals surface area contributed by atoms with Crippen molar-refractivity contribution in [3.8, 4) is 0 Å². The highest BCUT2D eigenvalue weighted by molar-refractivity contribution is 5.94. The molecular weight excluding hydrogens is 338 g/mol. The van der Waals surface area contributed by atoms with Crippen molar-refractivity contribution in [1.82, 2.24) is 9.88 Å². The van der Waals surface area contributed by atoms with E-state index in [9.17, 15) is 9.59 Å². The molecule has 2 aromatic rings. The second-order valence-corrected chi connectivity index (χ2v) is 6.92. The first-order valence-corrected chi connectivity index (χ1v) is 9.18.